The Morgan fingerprint density at radius 3 is 2.38 bits per heavy atom. The van der Waals surface area contributed by atoms with Gasteiger partial charge in [0.1, 0.15) is 10.6 Å². The van der Waals surface area contributed by atoms with Crippen molar-refractivity contribution in [1.29, 1.82) is 0 Å². The average Bonchev–Trinajstić information content (AvgIpc) is 3.61. The van der Waals surface area contributed by atoms with Crippen molar-refractivity contribution in [3.05, 3.63) is 47.4 Å². The van der Waals surface area contributed by atoms with Crippen LogP contribution in [0, 0.1) is 23.7 Å². The number of nitrogens with two attached hydrogens (primary N) is 1. The molecule has 2 saturated heterocycles. The highest BCUT2D eigenvalue weighted by Crippen LogP contribution is 2.44. The van der Waals surface area contributed by atoms with Crippen LogP contribution < -0.4 is 9.88 Å². The van der Waals surface area contributed by atoms with Gasteiger partial charge in [0.2, 0.25) is 15.9 Å². The van der Waals surface area contributed by atoms with Gasteiger partial charge in [0.25, 0.3) is 5.91 Å². The molecule has 1 amide bonds. The molecule has 39 heavy (non-hydrogen) atoms. The lowest BCUT2D eigenvalue weighted by Crippen LogP contribution is -2.31. The lowest BCUT2D eigenvalue weighted by Gasteiger charge is -2.22. The van der Waals surface area contributed by atoms with Crippen molar-refractivity contribution in [3.63, 3.8) is 0 Å². The van der Waals surface area contributed by atoms with E-state index >= 15 is 0 Å². The quantitative estimate of drug-likeness (QED) is 0.491. The summed E-state index contributed by atoms with van der Waals surface area (Å²) in [5.41, 5.74) is 1.83. The SMILES string of the molecule is NS(=O)(=O)c1ccc(C(=O)N2C[C@H]3CC(C(=O)c4cc(OCC5CCOCC5)nc(C5CC5)c4)C[C@@H]3C2)nc1. The van der Waals surface area contributed by atoms with E-state index < -0.39 is 10.0 Å². The molecule has 2 aliphatic heterocycles. The monoisotopic (exact) mass is 554 g/mol. The fourth-order valence-electron chi connectivity index (χ4n) is 6.20. The van der Waals surface area contributed by atoms with Crippen LogP contribution in [0.5, 0.6) is 5.88 Å². The fourth-order valence-corrected chi connectivity index (χ4v) is 6.66. The first-order valence-corrected chi connectivity index (χ1v) is 15.3. The molecule has 6 rings (SSSR count). The number of pyridine rings is 2. The predicted molar refractivity (Wildman–Crippen MR) is 141 cm³/mol. The van der Waals surface area contributed by atoms with Crippen LogP contribution in [0.15, 0.2) is 35.4 Å². The minimum Gasteiger partial charge on any atom is -0.477 e. The summed E-state index contributed by atoms with van der Waals surface area (Å²) in [6.07, 6.45) is 6.75. The number of carbonyl (C=O) groups is 2. The first-order chi connectivity index (χ1) is 18.7. The lowest BCUT2D eigenvalue weighted by atomic mass is 9.94. The van der Waals surface area contributed by atoms with E-state index in [1.807, 2.05) is 12.1 Å². The molecule has 0 bridgehead atoms. The molecular formula is C28H34N4O6S. The highest BCUT2D eigenvalue weighted by atomic mass is 32.2. The van der Waals surface area contributed by atoms with Crippen LogP contribution in [0.1, 0.15) is 71.0 Å². The molecule has 0 spiro atoms. The molecule has 2 aliphatic carbocycles. The summed E-state index contributed by atoms with van der Waals surface area (Å²) in [4.78, 5) is 37.0. The number of amides is 1. The van der Waals surface area contributed by atoms with E-state index in [1.54, 1.807) is 4.90 Å². The molecule has 208 valence electrons. The maximum absolute atomic E-state index is 13.6. The number of likely N-dealkylation sites (tertiary alicyclic amines) is 1. The van der Waals surface area contributed by atoms with E-state index in [1.165, 1.54) is 12.1 Å². The lowest BCUT2D eigenvalue weighted by molar-refractivity contribution is 0.0490. The third kappa shape index (κ3) is 5.85. The van der Waals surface area contributed by atoms with E-state index in [0.717, 1.165) is 63.6 Å². The van der Waals surface area contributed by atoms with Gasteiger partial charge in [-0.3, -0.25) is 9.59 Å². The number of nitrogens with zero attached hydrogens (tertiary/aromatic N) is 3. The van der Waals surface area contributed by atoms with Crippen molar-refractivity contribution in [2.45, 2.75) is 49.3 Å². The standard InChI is InChI=1S/C28H34N4O6S/c29-39(35,36)23-3-4-24(30-13-23)28(34)32-14-21-9-19(10-22(21)15-32)27(33)20-11-25(18-1-2-18)31-26(12-20)38-16-17-5-7-37-8-6-17/h3-4,11-13,17-19,21-22H,1-2,5-10,14-16H2,(H2,29,35,36)/t21-,22-/m1/s1. The topological polar surface area (TPSA) is 142 Å². The zero-order valence-electron chi connectivity index (χ0n) is 21.8. The minimum absolute atomic E-state index is 0.0813. The Balaban J connectivity index is 1.09. The zero-order valence-corrected chi connectivity index (χ0v) is 22.6. The molecule has 2 saturated carbocycles. The van der Waals surface area contributed by atoms with Crippen LogP contribution in [0.25, 0.3) is 0 Å². The first kappa shape index (κ1) is 26.3. The molecule has 2 aromatic heterocycles. The number of Topliss-reactive ketones (excluding diaryl/α,β-unsaturated/α-hetero) is 1. The Morgan fingerprint density at radius 1 is 1.05 bits per heavy atom. The van der Waals surface area contributed by atoms with Gasteiger partial charge in [-0.2, -0.15) is 0 Å². The largest absolute Gasteiger partial charge is 0.477 e. The fraction of sp³-hybridized carbons (Fsp3) is 0.571. The van der Waals surface area contributed by atoms with Crippen molar-refractivity contribution >= 4 is 21.7 Å². The molecule has 0 radical (unpaired) electrons. The summed E-state index contributed by atoms with van der Waals surface area (Å²) in [6.45, 7) is 3.25. The summed E-state index contributed by atoms with van der Waals surface area (Å²) >= 11 is 0. The number of ether oxygens (including phenoxy) is 2. The molecule has 11 heteroatoms. The van der Waals surface area contributed by atoms with E-state index in [0.29, 0.717) is 43.0 Å². The van der Waals surface area contributed by atoms with Crippen molar-refractivity contribution in [1.82, 2.24) is 14.9 Å². The van der Waals surface area contributed by atoms with Crippen LogP contribution >= 0.6 is 0 Å². The molecule has 4 heterocycles. The van der Waals surface area contributed by atoms with Gasteiger partial charge >= 0.3 is 0 Å². The molecule has 10 nitrogen and oxygen atoms in total. The van der Waals surface area contributed by atoms with Crippen LogP contribution in [-0.4, -0.2) is 67.9 Å². The highest BCUT2D eigenvalue weighted by Gasteiger charge is 2.45. The summed E-state index contributed by atoms with van der Waals surface area (Å²) in [5, 5.41) is 5.12. The minimum atomic E-state index is -3.87. The van der Waals surface area contributed by atoms with Gasteiger partial charge in [-0.15, -0.1) is 0 Å². The molecule has 2 N–H and O–H groups in total. The number of hydrogen-bond acceptors (Lipinski definition) is 8. The maximum atomic E-state index is 13.6. The maximum Gasteiger partial charge on any atom is 0.272 e. The molecule has 0 aromatic carbocycles. The predicted octanol–water partition coefficient (Wildman–Crippen LogP) is 2.79. The normalized spacial score (nSPS) is 24.1. The number of carbonyl (C=O) groups excluding carboxylic acids is 2. The molecular weight excluding hydrogens is 520 g/mol. The Morgan fingerprint density at radius 2 is 1.77 bits per heavy atom. The van der Waals surface area contributed by atoms with Crippen molar-refractivity contribution < 1.29 is 27.5 Å². The number of ketones is 1. The third-order valence-corrected chi connectivity index (χ3v) is 9.50. The van der Waals surface area contributed by atoms with Crippen LogP contribution in [-0.2, 0) is 14.8 Å². The number of hydrogen-bond donors (Lipinski definition) is 1. The van der Waals surface area contributed by atoms with Gasteiger partial charge < -0.3 is 14.4 Å². The third-order valence-electron chi connectivity index (χ3n) is 8.60. The summed E-state index contributed by atoms with van der Waals surface area (Å²) in [7, 11) is -3.87. The second-order valence-corrected chi connectivity index (χ2v) is 13.0. The Labute approximate surface area is 228 Å². The van der Waals surface area contributed by atoms with Crippen LogP contribution in [0.2, 0.25) is 0 Å². The van der Waals surface area contributed by atoms with E-state index in [-0.39, 0.29) is 40.0 Å². The zero-order chi connectivity index (χ0) is 27.1. The molecule has 4 fully saturated rings. The summed E-state index contributed by atoms with van der Waals surface area (Å²) in [6, 6.07) is 6.47. The van der Waals surface area contributed by atoms with E-state index in [4.69, 9.17) is 19.6 Å². The Bertz CT molecular complexity index is 1340. The second kappa shape index (κ2) is 10.6. The summed E-state index contributed by atoms with van der Waals surface area (Å²) in [5.74, 6) is 1.74. The highest BCUT2D eigenvalue weighted by molar-refractivity contribution is 7.89. The molecule has 2 aromatic rings. The van der Waals surface area contributed by atoms with Gasteiger partial charge in [0, 0.05) is 61.7 Å². The van der Waals surface area contributed by atoms with Crippen molar-refractivity contribution in [2.24, 2.45) is 28.8 Å². The van der Waals surface area contributed by atoms with Crippen LogP contribution in [0.4, 0.5) is 0 Å². The van der Waals surface area contributed by atoms with Gasteiger partial charge in [0.05, 0.1) is 6.61 Å². The first-order valence-electron chi connectivity index (χ1n) is 13.8. The van der Waals surface area contributed by atoms with E-state index in [9.17, 15) is 18.0 Å². The summed E-state index contributed by atoms with van der Waals surface area (Å²) < 4.78 is 34.5. The number of fused-ring (bicyclic) bond motifs is 1. The van der Waals surface area contributed by atoms with E-state index in [2.05, 4.69) is 4.98 Å². The Hall–Kier alpha value is -2.89. The average molecular weight is 555 g/mol. The van der Waals surface area contributed by atoms with Gasteiger partial charge in [0.15, 0.2) is 5.78 Å². The van der Waals surface area contributed by atoms with Crippen molar-refractivity contribution in [2.75, 3.05) is 32.9 Å². The van der Waals surface area contributed by atoms with Gasteiger partial charge in [-0.25, -0.2) is 23.5 Å². The molecule has 2 atom stereocenters. The molecule has 0 unspecified atom stereocenters. The number of aromatic nitrogens is 2. The number of sulfonamides is 1. The number of primary sulfonamides is 1. The number of rotatable bonds is 8. The Kier molecular flexibility index (Phi) is 7.15. The van der Waals surface area contributed by atoms with Crippen LogP contribution in [0.3, 0.4) is 0 Å². The van der Waals surface area contributed by atoms with Crippen molar-refractivity contribution in [3.8, 4) is 5.88 Å². The second-order valence-electron chi connectivity index (χ2n) is 11.4. The van der Waals surface area contributed by atoms with Gasteiger partial charge in [-0.1, -0.05) is 0 Å². The molecule has 4 aliphatic rings. The smallest absolute Gasteiger partial charge is 0.272 e. The van der Waals surface area contributed by atoms with Gasteiger partial charge in [-0.05, 0) is 74.5 Å².